The van der Waals surface area contributed by atoms with Crippen molar-refractivity contribution < 1.29 is 13.3 Å². The van der Waals surface area contributed by atoms with E-state index in [2.05, 4.69) is 5.32 Å². The molecule has 0 unspecified atom stereocenters. The molecule has 0 bridgehead atoms. The summed E-state index contributed by atoms with van der Waals surface area (Å²) in [5.74, 6) is 0. The van der Waals surface area contributed by atoms with Gasteiger partial charge < -0.3 is 5.32 Å². The van der Waals surface area contributed by atoms with E-state index >= 15 is 0 Å². The topological polar surface area (TPSA) is 92.6 Å². The molecule has 0 aliphatic carbocycles. The van der Waals surface area contributed by atoms with Crippen molar-refractivity contribution in [3.05, 3.63) is 28.3 Å². The first-order valence-electron chi connectivity index (χ1n) is 6.40. The fourth-order valence-corrected chi connectivity index (χ4v) is 3.35. The fourth-order valence-electron chi connectivity index (χ4n) is 1.88. The summed E-state index contributed by atoms with van der Waals surface area (Å²) in [6, 6.07) is 3.92. The average molecular weight is 301 g/mol. The Balaban J connectivity index is 3.34. The molecule has 1 aromatic rings. The normalized spacial score (nSPS) is 11.6. The van der Waals surface area contributed by atoms with Crippen molar-refractivity contribution in [1.82, 2.24) is 4.31 Å². The SMILES string of the molecule is CCNc1ccc(S(=O)(=O)N(CC)CC)cc1[N+](=O)[O-]. The highest BCUT2D eigenvalue weighted by Crippen LogP contribution is 2.28. The zero-order valence-electron chi connectivity index (χ0n) is 11.8. The summed E-state index contributed by atoms with van der Waals surface area (Å²) in [5.41, 5.74) is 0.0797. The van der Waals surface area contributed by atoms with E-state index in [0.29, 0.717) is 25.3 Å². The largest absolute Gasteiger partial charge is 0.380 e. The van der Waals surface area contributed by atoms with E-state index in [1.54, 1.807) is 13.8 Å². The molecule has 0 atom stereocenters. The Morgan fingerprint density at radius 3 is 2.30 bits per heavy atom. The lowest BCUT2D eigenvalue weighted by molar-refractivity contribution is -0.384. The van der Waals surface area contributed by atoms with Crippen molar-refractivity contribution in [1.29, 1.82) is 0 Å². The summed E-state index contributed by atoms with van der Waals surface area (Å²) in [7, 11) is -3.69. The van der Waals surface area contributed by atoms with E-state index < -0.39 is 14.9 Å². The molecular formula is C12H19N3O4S. The first-order chi connectivity index (χ1) is 9.38. The molecule has 0 heterocycles. The summed E-state index contributed by atoms with van der Waals surface area (Å²) < 4.78 is 25.9. The number of nitro benzene ring substituents is 1. The number of nitro groups is 1. The van der Waals surface area contributed by atoms with Gasteiger partial charge >= 0.3 is 0 Å². The molecule has 1 N–H and O–H groups in total. The standard InChI is InChI=1S/C12H19N3O4S/c1-4-13-11-8-7-10(9-12(11)15(16)17)20(18,19)14(5-2)6-3/h7-9,13H,4-6H2,1-3H3. The fraction of sp³-hybridized carbons (Fsp3) is 0.500. The van der Waals surface area contributed by atoms with E-state index in [4.69, 9.17) is 0 Å². The molecule has 7 nitrogen and oxygen atoms in total. The maximum absolute atomic E-state index is 12.3. The van der Waals surface area contributed by atoms with Crippen LogP contribution in [0.5, 0.6) is 0 Å². The van der Waals surface area contributed by atoms with Gasteiger partial charge in [0.1, 0.15) is 5.69 Å². The second-order valence-corrected chi connectivity index (χ2v) is 5.99. The van der Waals surface area contributed by atoms with E-state index in [9.17, 15) is 18.5 Å². The zero-order valence-corrected chi connectivity index (χ0v) is 12.6. The van der Waals surface area contributed by atoms with Crippen molar-refractivity contribution in [2.24, 2.45) is 0 Å². The predicted octanol–water partition coefficient (Wildman–Crippen LogP) is 2.06. The molecule has 0 aliphatic rings. The minimum absolute atomic E-state index is 0.0606. The van der Waals surface area contributed by atoms with Crippen molar-refractivity contribution in [2.45, 2.75) is 25.7 Å². The minimum Gasteiger partial charge on any atom is -0.380 e. The summed E-state index contributed by atoms with van der Waals surface area (Å²) in [5, 5.41) is 13.9. The molecule has 112 valence electrons. The van der Waals surface area contributed by atoms with Gasteiger partial charge in [-0.15, -0.1) is 0 Å². The molecule has 0 saturated heterocycles. The zero-order chi connectivity index (χ0) is 15.3. The highest BCUT2D eigenvalue weighted by Gasteiger charge is 2.25. The van der Waals surface area contributed by atoms with Crippen LogP contribution in [0.15, 0.2) is 23.1 Å². The van der Waals surface area contributed by atoms with Crippen LogP contribution in [0.3, 0.4) is 0 Å². The monoisotopic (exact) mass is 301 g/mol. The van der Waals surface area contributed by atoms with Crippen LogP contribution in [0.25, 0.3) is 0 Å². The second-order valence-electron chi connectivity index (χ2n) is 4.06. The van der Waals surface area contributed by atoms with Crippen molar-refractivity contribution in [3.63, 3.8) is 0 Å². The Bertz CT molecular complexity index is 582. The third kappa shape index (κ3) is 3.26. The van der Waals surface area contributed by atoms with Crippen LogP contribution in [-0.2, 0) is 10.0 Å². The van der Waals surface area contributed by atoms with Crippen molar-refractivity contribution in [3.8, 4) is 0 Å². The molecule has 0 amide bonds. The number of nitrogens with one attached hydrogen (secondary N) is 1. The van der Waals surface area contributed by atoms with E-state index in [0.717, 1.165) is 6.07 Å². The van der Waals surface area contributed by atoms with Gasteiger partial charge in [0, 0.05) is 25.7 Å². The molecule has 0 aliphatic heterocycles. The van der Waals surface area contributed by atoms with Crippen LogP contribution in [0, 0.1) is 10.1 Å². The quantitative estimate of drug-likeness (QED) is 0.614. The molecule has 8 heteroatoms. The predicted molar refractivity (Wildman–Crippen MR) is 77.4 cm³/mol. The Kier molecular flexibility index (Phi) is 5.46. The smallest absolute Gasteiger partial charge is 0.293 e. The van der Waals surface area contributed by atoms with E-state index in [1.807, 2.05) is 6.92 Å². The Morgan fingerprint density at radius 2 is 1.85 bits per heavy atom. The summed E-state index contributed by atoms with van der Waals surface area (Å²) in [6.45, 7) is 6.42. The van der Waals surface area contributed by atoms with E-state index in [1.165, 1.54) is 16.4 Å². The second kappa shape index (κ2) is 6.67. The molecule has 20 heavy (non-hydrogen) atoms. The van der Waals surface area contributed by atoms with Gasteiger partial charge in [-0.25, -0.2) is 8.42 Å². The van der Waals surface area contributed by atoms with Crippen LogP contribution >= 0.6 is 0 Å². The number of benzene rings is 1. The van der Waals surface area contributed by atoms with Crippen LogP contribution in [-0.4, -0.2) is 37.3 Å². The first kappa shape index (κ1) is 16.4. The number of hydrogen-bond donors (Lipinski definition) is 1. The van der Waals surface area contributed by atoms with Crippen LogP contribution in [0.1, 0.15) is 20.8 Å². The third-order valence-electron chi connectivity index (χ3n) is 2.88. The van der Waals surface area contributed by atoms with Crippen LogP contribution in [0.2, 0.25) is 0 Å². The van der Waals surface area contributed by atoms with Gasteiger partial charge in [0.2, 0.25) is 10.0 Å². The van der Waals surface area contributed by atoms with Gasteiger partial charge in [0.25, 0.3) is 5.69 Å². The first-order valence-corrected chi connectivity index (χ1v) is 7.84. The number of nitrogens with zero attached hydrogens (tertiary/aromatic N) is 2. The molecule has 0 aromatic heterocycles. The molecule has 0 saturated carbocycles. The lowest BCUT2D eigenvalue weighted by Gasteiger charge is -2.18. The van der Waals surface area contributed by atoms with Gasteiger partial charge in [-0.05, 0) is 19.1 Å². The van der Waals surface area contributed by atoms with Crippen LogP contribution in [0.4, 0.5) is 11.4 Å². The van der Waals surface area contributed by atoms with Crippen molar-refractivity contribution >= 4 is 21.4 Å². The summed E-state index contributed by atoms with van der Waals surface area (Å²) in [4.78, 5) is 10.4. The summed E-state index contributed by atoms with van der Waals surface area (Å²) in [6.07, 6.45) is 0. The van der Waals surface area contributed by atoms with Crippen LogP contribution < -0.4 is 5.32 Å². The highest BCUT2D eigenvalue weighted by atomic mass is 32.2. The summed E-state index contributed by atoms with van der Waals surface area (Å²) >= 11 is 0. The number of rotatable bonds is 7. The molecule has 1 rings (SSSR count). The molecule has 0 fully saturated rings. The maximum Gasteiger partial charge on any atom is 0.293 e. The minimum atomic E-state index is -3.69. The van der Waals surface area contributed by atoms with E-state index in [-0.39, 0.29) is 10.6 Å². The average Bonchev–Trinajstić information content (AvgIpc) is 2.40. The number of sulfonamides is 1. The van der Waals surface area contributed by atoms with Gasteiger partial charge in [0.05, 0.1) is 9.82 Å². The lowest BCUT2D eigenvalue weighted by atomic mass is 10.2. The van der Waals surface area contributed by atoms with Gasteiger partial charge in [0.15, 0.2) is 0 Å². The van der Waals surface area contributed by atoms with Gasteiger partial charge in [-0.3, -0.25) is 10.1 Å². The lowest BCUT2D eigenvalue weighted by Crippen LogP contribution is -2.30. The Hall–Kier alpha value is -1.67. The highest BCUT2D eigenvalue weighted by molar-refractivity contribution is 7.89. The third-order valence-corrected chi connectivity index (χ3v) is 4.92. The number of hydrogen-bond acceptors (Lipinski definition) is 5. The Labute approximate surface area is 118 Å². The molecule has 0 radical (unpaired) electrons. The Morgan fingerprint density at radius 1 is 1.25 bits per heavy atom. The number of anilines is 1. The maximum atomic E-state index is 12.3. The van der Waals surface area contributed by atoms with Crippen molar-refractivity contribution in [2.75, 3.05) is 25.0 Å². The van der Waals surface area contributed by atoms with Gasteiger partial charge in [-0.1, -0.05) is 13.8 Å². The molecule has 0 spiro atoms. The van der Waals surface area contributed by atoms with Gasteiger partial charge in [-0.2, -0.15) is 4.31 Å². The molecular weight excluding hydrogens is 282 g/mol. The molecule has 1 aromatic carbocycles.